The molecule has 1 aliphatic rings. The highest BCUT2D eigenvalue weighted by atomic mass is 16.3. The Bertz CT molecular complexity index is 329. The third-order valence-corrected chi connectivity index (χ3v) is 2.98. The summed E-state index contributed by atoms with van der Waals surface area (Å²) in [6, 6.07) is 1.79. The summed E-state index contributed by atoms with van der Waals surface area (Å²) < 4.78 is 4.97. The summed E-state index contributed by atoms with van der Waals surface area (Å²) in [7, 11) is 0. The molecule has 2 heterocycles. The van der Waals surface area contributed by atoms with Crippen molar-refractivity contribution in [3.63, 3.8) is 0 Å². The number of amides is 1. The van der Waals surface area contributed by atoms with Crippen LogP contribution in [0.3, 0.4) is 0 Å². The van der Waals surface area contributed by atoms with Crippen molar-refractivity contribution >= 4 is 5.91 Å². The van der Waals surface area contributed by atoms with E-state index in [2.05, 4.69) is 5.32 Å². The van der Waals surface area contributed by atoms with Crippen LogP contribution in [-0.4, -0.2) is 29.9 Å². The monoisotopic (exact) mass is 222 g/mol. The highest BCUT2D eigenvalue weighted by Crippen LogP contribution is 2.09. The number of likely N-dealkylation sites (tertiary alicyclic amines) is 1. The van der Waals surface area contributed by atoms with E-state index in [9.17, 15) is 4.79 Å². The minimum atomic E-state index is -0.118. The molecule has 0 aromatic carbocycles. The van der Waals surface area contributed by atoms with Gasteiger partial charge in [-0.1, -0.05) is 0 Å². The second-order valence-corrected chi connectivity index (χ2v) is 4.27. The molecular formula is C12H18N2O2. The molecule has 1 N–H and O–H groups in total. The second kappa shape index (κ2) is 5.16. The Balaban J connectivity index is 1.78. The molecule has 1 aliphatic heterocycles. The van der Waals surface area contributed by atoms with Crippen LogP contribution in [0, 0.1) is 0 Å². The lowest BCUT2D eigenvalue weighted by Crippen LogP contribution is -2.43. The first-order valence-electron chi connectivity index (χ1n) is 5.80. The lowest BCUT2D eigenvalue weighted by atomic mass is 10.2. The molecule has 1 unspecified atom stereocenters. The van der Waals surface area contributed by atoms with Gasteiger partial charge in [-0.2, -0.15) is 0 Å². The largest absolute Gasteiger partial charge is 0.472 e. The maximum atomic E-state index is 11.9. The second-order valence-electron chi connectivity index (χ2n) is 4.27. The van der Waals surface area contributed by atoms with Crippen LogP contribution in [-0.2, 0) is 11.3 Å². The number of furan rings is 1. The molecule has 1 amide bonds. The van der Waals surface area contributed by atoms with Gasteiger partial charge in [-0.05, 0) is 25.8 Å². The number of hydrogen-bond acceptors (Lipinski definition) is 3. The Labute approximate surface area is 95.6 Å². The van der Waals surface area contributed by atoms with Crippen LogP contribution < -0.4 is 5.32 Å². The lowest BCUT2D eigenvalue weighted by molar-refractivity contribution is -0.131. The standard InChI is InChI=1S/C12H18N2O2/c1-10(12(15)14-5-2-3-6-14)13-8-11-4-7-16-9-11/h4,7,9-10,13H,2-3,5-6,8H2,1H3. The van der Waals surface area contributed by atoms with Gasteiger partial charge in [0.25, 0.3) is 0 Å². The Morgan fingerprint density at radius 3 is 2.94 bits per heavy atom. The van der Waals surface area contributed by atoms with Gasteiger partial charge in [-0.3, -0.25) is 4.79 Å². The molecule has 4 heteroatoms. The average molecular weight is 222 g/mol. The maximum absolute atomic E-state index is 11.9. The molecule has 0 radical (unpaired) electrons. The van der Waals surface area contributed by atoms with E-state index in [-0.39, 0.29) is 11.9 Å². The zero-order valence-electron chi connectivity index (χ0n) is 9.61. The topological polar surface area (TPSA) is 45.5 Å². The molecule has 4 nitrogen and oxygen atoms in total. The molecule has 0 spiro atoms. The highest BCUT2D eigenvalue weighted by Gasteiger charge is 2.22. The number of rotatable bonds is 4. The smallest absolute Gasteiger partial charge is 0.239 e. The first-order valence-corrected chi connectivity index (χ1v) is 5.80. The van der Waals surface area contributed by atoms with Gasteiger partial charge in [0.15, 0.2) is 0 Å². The van der Waals surface area contributed by atoms with Crippen LogP contribution in [0.25, 0.3) is 0 Å². The van der Waals surface area contributed by atoms with E-state index in [1.54, 1.807) is 12.5 Å². The third-order valence-electron chi connectivity index (χ3n) is 2.98. The normalized spacial score (nSPS) is 17.7. The summed E-state index contributed by atoms with van der Waals surface area (Å²) >= 11 is 0. The highest BCUT2D eigenvalue weighted by molar-refractivity contribution is 5.81. The Morgan fingerprint density at radius 1 is 1.56 bits per heavy atom. The maximum Gasteiger partial charge on any atom is 0.239 e. The van der Waals surface area contributed by atoms with Crippen molar-refractivity contribution in [3.05, 3.63) is 24.2 Å². The predicted molar refractivity (Wildman–Crippen MR) is 60.8 cm³/mol. The number of carbonyl (C=O) groups is 1. The van der Waals surface area contributed by atoms with E-state index in [4.69, 9.17) is 4.42 Å². The summed E-state index contributed by atoms with van der Waals surface area (Å²) in [5.74, 6) is 0.209. The fourth-order valence-corrected chi connectivity index (χ4v) is 1.96. The van der Waals surface area contributed by atoms with Crippen molar-refractivity contribution in [3.8, 4) is 0 Å². The predicted octanol–water partition coefficient (Wildman–Crippen LogP) is 1.38. The summed E-state index contributed by atoms with van der Waals surface area (Å²) in [4.78, 5) is 13.9. The van der Waals surface area contributed by atoms with Gasteiger partial charge in [-0.25, -0.2) is 0 Å². The van der Waals surface area contributed by atoms with E-state index in [0.29, 0.717) is 6.54 Å². The van der Waals surface area contributed by atoms with Gasteiger partial charge in [0, 0.05) is 25.2 Å². The molecule has 1 atom stereocenters. The molecule has 0 bridgehead atoms. The van der Waals surface area contributed by atoms with Gasteiger partial charge >= 0.3 is 0 Å². The first kappa shape index (κ1) is 11.2. The van der Waals surface area contributed by atoms with E-state index >= 15 is 0 Å². The molecule has 1 aromatic rings. The van der Waals surface area contributed by atoms with E-state index in [1.165, 1.54) is 0 Å². The minimum absolute atomic E-state index is 0.118. The van der Waals surface area contributed by atoms with Crippen molar-refractivity contribution in [2.24, 2.45) is 0 Å². The Kier molecular flexibility index (Phi) is 3.62. The van der Waals surface area contributed by atoms with Gasteiger partial charge in [0.05, 0.1) is 18.6 Å². The number of carbonyl (C=O) groups excluding carboxylic acids is 1. The van der Waals surface area contributed by atoms with Crippen molar-refractivity contribution in [2.45, 2.75) is 32.4 Å². The first-order chi connectivity index (χ1) is 7.77. The van der Waals surface area contributed by atoms with Crippen LogP contribution in [0.15, 0.2) is 23.0 Å². The zero-order chi connectivity index (χ0) is 11.4. The number of nitrogens with one attached hydrogen (secondary N) is 1. The molecule has 1 fully saturated rings. The summed E-state index contributed by atoms with van der Waals surface area (Å²) in [6.45, 7) is 4.42. The van der Waals surface area contributed by atoms with E-state index < -0.39 is 0 Å². The van der Waals surface area contributed by atoms with E-state index in [1.807, 2.05) is 17.9 Å². The summed E-state index contributed by atoms with van der Waals surface area (Å²) in [5.41, 5.74) is 1.07. The SMILES string of the molecule is CC(NCc1ccoc1)C(=O)N1CCCC1. The van der Waals surface area contributed by atoms with Crippen molar-refractivity contribution in [2.75, 3.05) is 13.1 Å². The molecule has 0 saturated carbocycles. The van der Waals surface area contributed by atoms with Gasteiger partial charge in [0.1, 0.15) is 0 Å². The van der Waals surface area contributed by atoms with Crippen molar-refractivity contribution in [1.29, 1.82) is 0 Å². The van der Waals surface area contributed by atoms with Crippen LogP contribution in [0.5, 0.6) is 0 Å². The van der Waals surface area contributed by atoms with Crippen LogP contribution in [0.1, 0.15) is 25.3 Å². The lowest BCUT2D eigenvalue weighted by Gasteiger charge is -2.20. The van der Waals surface area contributed by atoms with Gasteiger partial charge < -0.3 is 14.6 Å². The van der Waals surface area contributed by atoms with Crippen molar-refractivity contribution < 1.29 is 9.21 Å². The fourth-order valence-electron chi connectivity index (χ4n) is 1.96. The molecule has 1 saturated heterocycles. The molecule has 0 aliphatic carbocycles. The molecular weight excluding hydrogens is 204 g/mol. The van der Waals surface area contributed by atoms with E-state index in [0.717, 1.165) is 31.5 Å². The number of hydrogen-bond donors (Lipinski definition) is 1. The Morgan fingerprint density at radius 2 is 2.31 bits per heavy atom. The average Bonchev–Trinajstić information content (AvgIpc) is 2.96. The minimum Gasteiger partial charge on any atom is -0.472 e. The zero-order valence-corrected chi connectivity index (χ0v) is 9.61. The summed E-state index contributed by atoms with van der Waals surface area (Å²) in [6.07, 6.45) is 5.62. The number of nitrogens with zero attached hydrogens (tertiary/aromatic N) is 1. The molecule has 2 rings (SSSR count). The third kappa shape index (κ3) is 2.64. The molecule has 1 aromatic heterocycles. The van der Waals surface area contributed by atoms with Gasteiger partial charge in [0.2, 0.25) is 5.91 Å². The van der Waals surface area contributed by atoms with Crippen LogP contribution in [0.2, 0.25) is 0 Å². The van der Waals surface area contributed by atoms with Crippen molar-refractivity contribution in [1.82, 2.24) is 10.2 Å². The fraction of sp³-hybridized carbons (Fsp3) is 0.583. The molecule has 88 valence electrons. The Hall–Kier alpha value is -1.29. The molecule has 16 heavy (non-hydrogen) atoms. The van der Waals surface area contributed by atoms with Crippen LogP contribution >= 0.6 is 0 Å². The quantitative estimate of drug-likeness (QED) is 0.837. The van der Waals surface area contributed by atoms with Crippen LogP contribution in [0.4, 0.5) is 0 Å². The van der Waals surface area contributed by atoms with Gasteiger partial charge in [-0.15, -0.1) is 0 Å². The summed E-state index contributed by atoms with van der Waals surface area (Å²) in [5, 5.41) is 3.21.